The lowest BCUT2D eigenvalue weighted by atomic mass is 10.0. The van der Waals surface area contributed by atoms with E-state index in [-0.39, 0.29) is 17.8 Å². The van der Waals surface area contributed by atoms with Gasteiger partial charge in [-0.25, -0.2) is 4.39 Å². The highest BCUT2D eigenvalue weighted by Crippen LogP contribution is 2.23. The van der Waals surface area contributed by atoms with Crippen LogP contribution in [0.5, 0.6) is 0 Å². The molecule has 2 aromatic carbocycles. The first-order valence-corrected chi connectivity index (χ1v) is 8.91. The van der Waals surface area contributed by atoms with E-state index in [0.717, 1.165) is 30.8 Å². The predicted octanol–water partition coefficient (Wildman–Crippen LogP) is 3.66. The average molecular weight is 340 g/mol. The molecule has 1 fully saturated rings. The number of hydrogen-bond acceptors (Lipinski definition) is 2. The smallest absolute Gasteiger partial charge is 0.227 e. The lowest BCUT2D eigenvalue weighted by Gasteiger charge is -2.32. The summed E-state index contributed by atoms with van der Waals surface area (Å²) in [6.07, 6.45) is 2.75. The summed E-state index contributed by atoms with van der Waals surface area (Å²) in [5, 5.41) is 0. The van der Waals surface area contributed by atoms with Gasteiger partial charge >= 0.3 is 0 Å². The van der Waals surface area contributed by atoms with Crippen LogP contribution in [0, 0.1) is 5.82 Å². The molecular formula is C21H25FN2O. The van der Waals surface area contributed by atoms with Gasteiger partial charge in [0.25, 0.3) is 0 Å². The fourth-order valence-corrected chi connectivity index (χ4v) is 3.41. The molecule has 0 saturated carbocycles. The molecule has 3 nitrogen and oxygen atoms in total. The van der Waals surface area contributed by atoms with Crippen LogP contribution in [-0.2, 0) is 11.2 Å². The van der Waals surface area contributed by atoms with E-state index in [4.69, 9.17) is 0 Å². The molecule has 1 aliphatic rings. The molecule has 3 rings (SSSR count). The minimum absolute atomic E-state index is 0.0345. The number of benzene rings is 2. The highest BCUT2D eigenvalue weighted by atomic mass is 19.1. The van der Waals surface area contributed by atoms with Crippen molar-refractivity contribution < 1.29 is 9.18 Å². The Morgan fingerprint density at radius 2 is 1.72 bits per heavy atom. The van der Waals surface area contributed by atoms with Crippen LogP contribution in [0.15, 0.2) is 54.6 Å². The molecule has 0 radical (unpaired) electrons. The third-order valence-electron chi connectivity index (χ3n) is 4.94. The SMILES string of the molecule is CN(C(=O)Cc1ccc(F)cc1)[C@H](CN1CCCC1)c1ccccc1. The first-order chi connectivity index (χ1) is 12.1. The zero-order valence-corrected chi connectivity index (χ0v) is 14.7. The largest absolute Gasteiger partial charge is 0.337 e. The summed E-state index contributed by atoms with van der Waals surface area (Å²) < 4.78 is 13.1. The fraction of sp³-hybridized carbons (Fsp3) is 0.381. The minimum atomic E-state index is -0.277. The number of likely N-dealkylation sites (tertiary alicyclic amines) is 1. The quantitative estimate of drug-likeness (QED) is 0.801. The first-order valence-electron chi connectivity index (χ1n) is 8.91. The number of carbonyl (C=O) groups is 1. The molecule has 0 aromatic heterocycles. The monoisotopic (exact) mass is 340 g/mol. The Kier molecular flexibility index (Phi) is 5.82. The molecule has 4 heteroatoms. The van der Waals surface area contributed by atoms with Crippen molar-refractivity contribution in [2.45, 2.75) is 25.3 Å². The number of likely N-dealkylation sites (N-methyl/N-ethyl adjacent to an activating group) is 1. The lowest BCUT2D eigenvalue weighted by molar-refractivity contribution is -0.131. The molecular weight excluding hydrogens is 315 g/mol. The third kappa shape index (κ3) is 4.67. The molecule has 0 unspecified atom stereocenters. The second-order valence-corrected chi connectivity index (χ2v) is 6.74. The molecule has 1 amide bonds. The first kappa shape index (κ1) is 17.6. The Balaban J connectivity index is 1.74. The van der Waals surface area contributed by atoms with Crippen molar-refractivity contribution in [1.82, 2.24) is 9.80 Å². The van der Waals surface area contributed by atoms with E-state index in [2.05, 4.69) is 17.0 Å². The van der Waals surface area contributed by atoms with Gasteiger partial charge in [0.1, 0.15) is 5.82 Å². The lowest BCUT2D eigenvalue weighted by Crippen LogP contribution is -2.39. The van der Waals surface area contributed by atoms with Gasteiger partial charge in [-0.2, -0.15) is 0 Å². The zero-order valence-electron chi connectivity index (χ0n) is 14.7. The van der Waals surface area contributed by atoms with E-state index >= 15 is 0 Å². The van der Waals surface area contributed by atoms with Crippen LogP contribution < -0.4 is 0 Å². The fourth-order valence-electron chi connectivity index (χ4n) is 3.41. The van der Waals surface area contributed by atoms with Gasteiger partial charge in [-0.05, 0) is 49.2 Å². The maximum absolute atomic E-state index is 13.1. The van der Waals surface area contributed by atoms with Crippen molar-refractivity contribution in [1.29, 1.82) is 0 Å². The number of amides is 1. The second-order valence-electron chi connectivity index (χ2n) is 6.74. The van der Waals surface area contributed by atoms with Crippen molar-refractivity contribution in [2.24, 2.45) is 0 Å². The summed E-state index contributed by atoms with van der Waals surface area (Å²) in [7, 11) is 1.87. The summed E-state index contributed by atoms with van der Waals surface area (Å²) in [6, 6.07) is 16.4. The topological polar surface area (TPSA) is 23.6 Å². The van der Waals surface area contributed by atoms with Gasteiger partial charge < -0.3 is 9.80 Å². The molecule has 1 saturated heterocycles. The van der Waals surface area contributed by atoms with E-state index in [0.29, 0.717) is 6.42 Å². The molecule has 0 aliphatic carbocycles. The third-order valence-corrected chi connectivity index (χ3v) is 4.94. The van der Waals surface area contributed by atoms with Gasteiger partial charge in [-0.15, -0.1) is 0 Å². The van der Waals surface area contributed by atoms with Crippen LogP contribution >= 0.6 is 0 Å². The van der Waals surface area contributed by atoms with Crippen LogP contribution in [0.1, 0.15) is 30.0 Å². The summed E-state index contributed by atoms with van der Waals surface area (Å²) in [4.78, 5) is 17.1. The molecule has 1 atom stereocenters. The Bertz CT molecular complexity index is 681. The molecule has 1 aliphatic heterocycles. The molecule has 0 bridgehead atoms. The van der Waals surface area contributed by atoms with Crippen molar-refractivity contribution in [2.75, 3.05) is 26.7 Å². The second kappa shape index (κ2) is 8.26. The Morgan fingerprint density at radius 1 is 1.08 bits per heavy atom. The van der Waals surface area contributed by atoms with Gasteiger partial charge in [-0.3, -0.25) is 4.79 Å². The summed E-state index contributed by atoms with van der Waals surface area (Å²) in [5.41, 5.74) is 2.00. The Labute approximate surface area is 149 Å². The Morgan fingerprint density at radius 3 is 2.36 bits per heavy atom. The van der Waals surface area contributed by atoms with Crippen molar-refractivity contribution in [3.05, 3.63) is 71.5 Å². The summed E-state index contributed by atoms with van der Waals surface area (Å²) >= 11 is 0. The number of rotatable bonds is 6. The van der Waals surface area contributed by atoms with Crippen LogP contribution in [0.4, 0.5) is 4.39 Å². The van der Waals surface area contributed by atoms with Gasteiger partial charge in [-0.1, -0.05) is 42.5 Å². The van der Waals surface area contributed by atoms with E-state index in [1.807, 2.05) is 30.1 Å². The highest BCUT2D eigenvalue weighted by molar-refractivity contribution is 5.79. The molecule has 0 N–H and O–H groups in total. The number of nitrogens with zero attached hydrogens (tertiary/aromatic N) is 2. The summed E-state index contributed by atoms with van der Waals surface area (Å²) in [6.45, 7) is 3.06. The zero-order chi connectivity index (χ0) is 17.6. The van der Waals surface area contributed by atoms with E-state index in [1.54, 1.807) is 12.1 Å². The maximum atomic E-state index is 13.1. The molecule has 1 heterocycles. The maximum Gasteiger partial charge on any atom is 0.227 e. The minimum Gasteiger partial charge on any atom is -0.337 e. The van der Waals surface area contributed by atoms with Gasteiger partial charge in [0.15, 0.2) is 0 Å². The van der Waals surface area contributed by atoms with Gasteiger partial charge in [0.2, 0.25) is 5.91 Å². The van der Waals surface area contributed by atoms with Crippen molar-refractivity contribution in [3.63, 3.8) is 0 Å². The molecule has 0 spiro atoms. The van der Waals surface area contributed by atoms with E-state index in [9.17, 15) is 9.18 Å². The number of halogens is 1. The van der Waals surface area contributed by atoms with Gasteiger partial charge in [0.05, 0.1) is 12.5 Å². The molecule has 25 heavy (non-hydrogen) atoms. The number of hydrogen-bond donors (Lipinski definition) is 0. The molecule has 2 aromatic rings. The van der Waals surface area contributed by atoms with Crippen molar-refractivity contribution >= 4 is 5.91 Å². The molecule has 132 valence electrons. The van der Waals surface area contributed by atoms with E-state index in [1.165, 1.54) is 25.0 Å². The Hall–Kier alpha value is -2.20. The van der Waals surface area contributed by atoms with Crippen molar-refractivity contribution in [3.8, 4) is 0 Å². The average Bonchev–Trinajstić information content (AvgIpc) is 3.15. The normalized spacial score (nSPS) is 15.9. The number of carbonyl (C=O) groups excluding carboxylic acids is 1. The van der Waals surface area contributed by atoms with Crippen LogP contribution in [0.25, 0.3) is 0 Å². The van der Waals surface area contributed by atoms with Crippen LogP contribution in [-0.4, -0.2) is 42.4 Å². The van der Waals surface area contributed by atoms with E-state index < -0.39 is 0 Å². The summed E-state index contributed by atoms with van der Waals surface area (Å²) in [5.74, 6) is -0.222. The highest BCUT2D eigenvalue weighted by Gasteiger charge is 2.25. The predicted molar refractivity (Wildman–Crippen MR) is 97.7 cm³/mol. The van der Waals surface area contributed by atoms with Gasteiger partial charge in [0, 0.05) is 13.6 Å². The standard InChI is InChI=1S/C21H25FN2O/c1-23(21(25)15-17-9-11-19(22)12-10-17)20(16-24-13-5-6-14-24)18-7-3-2-4-8-18/h2-4,7-12,20H,5-6,13-16H2,1H3/t20-/m1/s1. The van der Waals surface area contributed by atoms with Crippen LogP contribution in [0.2, 0.25) is 0 Å². The van der Waals surface area contributed by atoms with Crippen LogP contribution in [0.3, 0.4) is 0 Å².